The molecule has 1 N–H and O–H groups in total. The molecule has 1 aliphatic rings. The molecule has 1 fully saturated rings. The maximum Gasteiger partial charge on any atom is 0.257 e. The van der Waals surface area contributed by atoms with Gasteiger partial charge in [-0.05, 0) is 56.2 Å². The molecule has 0 spiro atoms. The van der Waals surface area contributed by atoms with Crippen molar-refractivity contribution in [1.82, 2.24) is 9.29 Å². The lowest BCUT2D eigenvalue weighted by atomic mass is 10.2. The van der Waals surface area contributed by atoms with Gasteiger partial charge in [0, 0.05) is 18.7 Å². The minimum Gasteiger partial charge on any atom is -0.492 e. The van der Waals surface area contributed by atoms with E-state index in [1.807, 2.05) is 25.1 Å². The van der Waals surface area contributed by atoms with Crippen LogP contribution in [0.4, 0.5) is 5.13 Å². The number of thiazole rings is 1. The fourth-order valence-electron chi connectivity index (χ4n) is 3.00. The second-order valence-corrected chi connectivity index (χ2v) is 9.81. The molecule has 29 heavy (non-hydrogen) atoms. The third-order valence-corrected chi connectivity index (χ3v) is 7.62. The van der Waals surface area contributed by atoms with Gasteiger partial charge in [0.05, 0.1) is 16.2 Å². The van der Waals surface area contributed by atoms with Gasteiger partial charge in [-0.3, -0.25) is 10.1 Å². The van der Waals surface area contributed by atoms with E-state index in [0.29, 0.717) is 28.6 Å². The predicted octanol–water partition coefficient (Wildman–Crippen LogP) is 3.73. The summed E-state index contributed by atoms with van der Waals surface area (Å²) in [7, 11) is -1.93. The van der Waals surface area contributed by atoms with Crippen molar-refractivity contribution in [2.24, 2.45) is 0 Å². The van der Waals surface area contributed by atoms with E-state index in [-0.39, 0.29) is 16.8 Å². The monoisotopic (exact) mass is 431 g/mol. The fraction of sp³-hybridized carbons (Fsp3) is 0.300. The van der Waals surface area contributed by atoms with Crippen LogP contribution in [0.25, 0.3) is 10.2 Å². The zero-order valence-electron chi connectivity index (χ0n) is 16.1. The summed E-state index contributed by atoms with van der Waals surface area (Å²) in [6.07, 6.45) is 1.78. The molecule has 2 aromatic carbocycles. The molecule has 1 aromatic heterocycles. The van der Waals surface area contributed by atoms with E-state index in [1.165, 1.54) is 39.9 Å². The Balaban J connectivity index is 1.51. The number of nitrogens with zero attached hydrogens (tertiary/aromatic N) is 2. The van der Waals surface area contributed by atoms with Gasteiger partial charge in [-0.2, -0.15) is 4.31 Å². The number of rotatable bonds is 7. The number of sulfonamides is 1. The second kappa shape index (κ2) is 7.74. The van der Waals surface area contributed by atoms with E-state index >= 15 is 0 Å². The van der Waals surface area contributed by atoms with Gasteiger partial charge in [0.1, 0.15) is 11.3 Å². The Morgan fingerprint density at radius 2 is 1.97 bits per heavy atom. The lowest BCUT2D eigenvalue weighted by molar-refractivity contribution is 0.102. The predicted molar refractivity (Wildman–Crippen MR) is 113 cm³/mol. The molecule has 0 aliphatic heterocycles. The summed E-state index contributed by atoms with van der Waals surface area (Å²) in [5.41, 5.74) is 1.07. The summed E-state index contributed by atoms with van der Waals surface area (Å²) >= 11 is 1.36. The van der Waals surface area contributed by atoms with Crippen molar-refractivity contribution in [2.75, 3.05) is 19.0 Å². The van der Waals surface area contributed by atoms with Crippen LogP contribution in [0.1, 0.15) is 30.1 Å². The molecule has 0 radical (unpaired) electrons. The van der Waals surface area contributed by atoms with Crippen molar-refractivity contribution in [3.63, 3.8) is 0 Å². The maximum atomic E-state index is 12.6. The molecule has 1 amide bonds. The number of para-hydroxylation sites is 1. The Kier molecular flexibility index (Phi) is 5.28. The van der Waals surface area contributed by atoms with Crippen LogP contribution >= 0.6 is 11.3 Å². The van der Waals surface area contributed by atoms with Crippen LogP contribution < -0.4 is 10.1 Å². The largest absolute Gasteiger partial charge is 0.492 e. The van der Waals surface area contributed by atoms with Crippen LogP contribution in [0, 0.1) is 0 Å². The third kappa shape index (κ3) is 3.98. The number of ether oxygens (including phenoxy) is 1. The number of amides is 1. The molecule has 0 atom stereocenters. The zero-order valence-corrected chi connectivity index (χ0v) is 17.7. The molecule has 1 heterocycles. The highest BCUT2D eigenvalue weighted by atomic mass is 32.2. The van der Waals surface area contributed by atoms with Crippen molar-refractivity contribution in [1.29, 1.82) is 0 Å². The number of benzene rings is 2. The first kappa shape index (κ1) is 19.8. The second-order valence-electron chi connectivity index (χ2n) is 6.79. The van der Waals surface area contributed by atoms with Crippen LogP contribution in [-0.4, -0.2) is 43.3 Å². The van der Waals surface area contributed by atoms with E-state index in [2.05, 4.69) is 10.3 Å². The minimum absolute atomic E-state index is 0.0867. The molecule has 152 valence electrons. The van der Waals surface area contributed by atoms with Gasteiger partial charge in [-0.15, -0.1) is 0 Å². The first-order valence-electron chi connectivity index (χ1n) is 9.32. The van der Waals surface area contributed by atoms with Gasteiger partial charge in [0.15, 0.2) is 5.13 Å². The van der Waals surface area contributed by atoms with Crippen molar-refractivity contribution in [3.8, 4) is 5.75 Å². The van der Waals surface area contributed by atoms with Gasteiger partial charge < -0.3 is 4.74 Å². The quantitative estimate of drug-likeness (QED) is 0.616. The summed E-state index contributed by atoms with van der Waals surface area (Å²) in [6.45, 7) is 2.43. The highest BCUT2D eigenvalue weighted by Crippen LogP contribution is 2.33. The van der Waals surface area contributed by atoms with E-state index in [4.69, 9.17) is 4.74 Å². The number of hydrogen-bond donors (Lipinski definition) is 1. The van der Waals surface area contributed by atoms with Crippen LogP contribution in [-0.2, 0) is 10.0 Å². The Bertz CT molecular complexity index is 1150. The number of fused-ring (bicyclic) bond motifs is 1. The number of hydrogen-bond acceptors (Lipinski definition) is 6. The van der Waals surface area contributed by atoms with Gasteiger partial charge in [-0.25, -0.2) is 13.4 Å². The van der Waals surface area contributed by atoms with E-state index < -0.39 is 10.0 Å². The smallest absolute Gasteiger partial charge is 0.257 e. The zero-order chi connectivity index (χ0) is 20.6. The number of carbonyl (C=O) groups excluding carboxylic acids is 1. The summed E-state index contributed by atoms with van der Waals surface area (Å²) in [5, 5.41) is 3.24. The molecule has 0 saturated heterocycles. The lowest BCUT2D eigenvalue weighted by Gasteiger charge is -2.16. The summed E-state index contributed by atoms with van der Waals surface area (Å²) in [5.74, 6) is 0.331. The SMILES string of the molecule is CCOc1cccc2sc(NC(=O)c3ccc(S(=O)(=O)N(C)C4CC4)cc3)nc12. The van der Waals surface area contributed by atoms with Gasteiger partial charge in [0.25, 0.3) is 5.91 Å². The molecule has 1 aliphatic carbocycles. The number of aromatic nitrogens is 1. The molecule has 0 unspecified atom stereocenters. The molecule has 3 aromatic rings. The van der Waals surface area contributed by atoms with Crippen molar-refractivity contribution < 1.29 is 17.9 Å². The molecular formula is C20H21N3O4S2. The molecular weight excluding hydrogens is 410 g/mol. The topological polar surface area (TPSA) is 88.6 Å². The average molecular weight is 432 g/mol. The van der Waals surface area contributed by atoms with Crippen molar-refractivity contribution in [3.05, 3.63) is 48.0 Å². The van der Waals surface area contributed by atoms with E-state index in [0.717, 1.165) is 17.5 Å². The Morgan fingerprint density at radius 3 is 2.62 bits per heavy atom. The Labute approximate surface area is 173 Å². The average Bonchev–Trinajstić information content (AvgIpc) is 3.47. The summed E-state index contributed by atoms with van der Waals surface area (Å²) in [4.78, 5) is 17.2. The van der Waals surface area contributed by atoms with Crippen molar-refractivity contribution in [2.45, 2.75) is 30.7 Å². The number of anilines is 1. The van der Waals surface area contributed by atoms with E-state index in [1.54, 1.807) is 7.05 Å². The molecule has 7 nitrogen and oxygen atoms in total. The van der Waals surface area contributed by atoms with Crippen molar-refractivity contribution >= 4 is 42.6 Å². The minimum atomic E-state index is -3.53. The summed E-state index contributed by atoms with van der Waals surface area (Å²) in [6, 6.07) is 11.7. The van der Waals surface area contributed by atoms with Gasteiger partial charge >= 0.3 is 0 Å². The fourth-order valence-corrected chi connectivity index (χ4v) is 5.29. The maximum absolute atomic E-state index is 12.6. The van der Waals surface area contributed by atoms with Crippen LogP contribution in [0.2, 0.25) is 0 Å². The summed E-state index contributed by atoms with van der Waals surface area (Å²) < 4.78 is 33.0. The normalized spacial score (nSPS) is 14.3. The van der Waals surface area contributed by atoms with E-state index in [9.17, 15) is 13.2 Å². The molecule has 4 rings (SSSR count). The highest BCUT2D eigenvalue weighted by Gasteiger charge is 2.35. The highest BCUT2D eigenvalue weighted by molar-refractivity contribution is 7.89. The molecule has 1 saturated carbocycles. The van der Waals surface area contributed by atoms with Crippen LogP contribution in [0.15, 0.2) is 47.4 Å². The van der Waals surface area contributed by atoms with Gasteiger partial charge in [-0.1, -0.05) is 17.4 Å². The number of carbonyl (C=O) groups is 1. The molecule has 9 heteroatoms. The van der Waals surface area contributed by atoms with Gasteiger partial charge in [0.2, 0.25) is 10.0 Å². The Hall–Kier alpha value is -2.49. The third-order valence-electron chi connectivity index (χ3n) is 4.76. The number of nitrogens with one attached hydrogen (secondary N) is 1. The van der Waals surface area contributed by atoms with Crippen LogP contribution in [0.5, 0.6) is 5.75 Å². The molecule has 0 bridgehead atoms. The first-order valence-corrected chi connectivity index (χ1v) is 11.6. The Morgan fingerprint density at radius 1 is 1.24 bits per heavy atom. The van der Waals surface area contributed by atoms with Crippen LogP contribution in [0.3, 0.4) is 0 Å². The lowest BCUT2D eigenvalue weighted by Crippen LogP contribution is -2.29. The standard InChI is InChI=1S/C20H21N3O4S2/c1-3-27-16-5-4-6-17-18(16)21-20(28-17)22-19(24)13-7-11-15(12-8-13)29(25,26)23(2)14-9-10-14/h4-8,11-12,14H,3,9-10H2,1-2H3,(H,21,22,24). The first-order chi connectivity index (χ1) is 13.9.